The topological polar surface area (TPSA) is 12.0 Å². The van der Waals surface area contributed by atoms with Crippen molar-refractivity contribution < 1.29 is 55.1 Å². The molecule has 0 spiro atoms. The van der Waals surface area contributed by atoms with E-state index in [0.717, 1.165) is 16.6 Å². The molecule has 0 amide bonds. The fourth-order valence-electron chi connectivity index (χ4n) is 0.326. The van der Waals surface area contributed by atoms with Crippen LogP contribution in [-0.2, 0) is 19.5 Å². The molecular formula is C5H11LaNS2Zn. The van der Waals surface area contributed by atoms with Gasteiger partial charge in [-0.1, -0.05) is 30.9 Å². The molecule has 0 aromatic rings. The van der Waals surface area contributed by atoms with E-state index in [1.54, 1.807) is 11.8 Å². The van der Waals surface area contributed by atoms with E-state index in [0.29, 0.717) is 0 Å². The molecule has 0 bridgehead atoms. The number of hydrogen-bond acceptors (Lipinski definition) is 2. The van der Waals surface area contributed by atoms with Crippen molar-refractivity contribution in [1.82, 2.24) is 5.32 Å². The van der Waals surface area contributed by atoms with Crippen LogP contribution in [0.2, 0.25) is 0 Å². The Hall–Kier alpha value is 2.06. The molecule has 0 aliphatic heterocycles. The van der Waals surface area contributed by atoms with Crippen LogP contribution in [0, 0.1) is 35.6 Å². The number of nitrogens with one attached hydrogen (secondary N) is 1. The van der Waals surface area contributed by atoms with Gasteiger partial charge in [0.2, 0.25) is 0 Å². The smallest absolute Gasteiger partial charge is 0.133 e. The zero-order chi connectivity index (χ0) is 6.41. The fraction of sp³-hybridized carbons (Fsp3) is 0.800. The number of hydrogen-bond donors (Lipinski definition) is 1. The molecule has 0 fully saturated rings. The quantitative estimate of drug-likeness (QED) is 0.599. The van der Waals surface area contributed by atoms with Crippen molar-refractivity contribution >= 4 is 28.3 Å². The van der Waals surface area contributed by atoms with E-state index >= 15 is 0 Å². The first-order valence-corrected chi connectivity index (χ1v) is 4.11. The Labute approximate surface area is 113 Å². The van der Waals surface area contributed by atoms with Crippen molar-refractivity contribution in [3.63, 3.8) is 0 Å². The Balaban J connectivity index is -0.000000245. The molecule has 0 heterocycles. The molecule has 10 heavy (non-hydrogen) atoms. The maximum Gasteiger partial charge on any atom is 0.133 e. The maximum absolute atomic E-state index is 4.90. The Bertz CT molecular complexity index is 74.0. The van der Waals surface area contributed by atoms with Crippen LogP contribution in [0.15, 0.2) is 0 Å². The van der Waals surface area contributed by atoms with Gasteiger partial charge in [-0.2, -0.15) is 0 Å². The molecule has 53 valence electrons. The Kier molecular flexibility index (Phi) is 24.5. The van der Waals surface area contributed by atoms with Crippen LogP contribution in [0.25, 0.3) is 0 Å². The molecule has 0 saturated heterocycles. The maximum atomic E-state index is 4.90. The molecule has 1 radical (unpaired) electrons. The molecule has 0 rings (SSSR count). The minimum Gasteiger partial charge on any atom is -0.371 e. The van der Waals surface area contributed by atoms with Gasteiger partial charge in [-0.25, -0.2) is 0 Å². The second-order valence-electron chi connectivity index (χ2n) is 1.25. The molecule has 0 aromatic heterocycles. The summed E-state index contributed by atoms with van der Waals surface area (Å²) in [6.45, 7) is 5.07. The third-order valence-corrected chi connectivity index (χ3v) is 1.79. The van der Waals surface area contributed by atoms with Crippen molar-refractivity contribution in [2.24, 2.45) is 0 Å². The van der Waals surface area contributed by atoms with Gasteiger partial charge in [-0.3, -0.25) is 0 Å². The van der Waals surface area contributed by atoms with Gasteiger partial charge >= 0.3 is 0 Å². The van der Waals surface area contributed by atoms with Crippen molar-refractivity contribution in [2.45, 2.75) is 13.8 Å². The monoisotopic (exact) mass is 352 g/mol. The van der Waals surface area contributed by atoms with E-state index in [4.69, 9.17) is 12.2 Å². The van der Waals surface area contributed by atoms with Gasteiger partial charge in [-0.05, 0) is 12.7 Å². The van der Waals surface area contributed by atoms with Gasteiger partial charge in [0.15, 0.2) is 0 Å². The van der Waals surface area contributed by atoms with E-state index in [9.17, 15) is 0 Å². The van der Waals surface area contributed by atoms with Crippen molar-refractivity contribution in [1.29, 1.82) is 0 Å². The van der Waals surface area contributed by atoms with Crippen molar-refractivity contribution in [2.75, 3.05) is 12.3 Å². The van der Waals surface area contributed by atoms with Gasteiger partial charge < -0.3 is 5.32 Å². The van der Waals surface area contributed by atoms with Crippen LogP contribution in [-0.4, -0.2) is 16.6 Å². The Morgan fingerprint density at radius 2 is 2.00 bits per heavy atom. The first kappa shape index (κ1) is 18.0. The van der Waals surface area contributed by atoms with Crippen LogP contribution in [0.4, 0.5) is 0 Å². The predicted octanol–water partition coefficient (Wildman–Crippen LogP) is 1.63. The van der Waals surface area contributed by atoms with Crippen LogP contribution >= 0.6 is 24.0 Å². The zero-order valence-electron chi connectivity index (χ0n) is 6.52. The summed E-state index contributed by atoms with van der Waals surface area (Å²) in [7, 11) is 0. The zero-order valence-corrected chi connectivity index (χ0v) is 14.7. The summed E-state index contributed by atoms with van der Waals surface area (Å²) in [5.41, 5.74) is 0. The minimum absolute atomic E-state index is 0. The molecule has 0 aliphatic carbocycles. The van der Waals surface area contributed by atoms with E-state index in [1.807, 2.05) is 6.92 Å². The molecule has 5 heteroatoms. The van der Waals surface area contributed by atoms with Gasteiger partial charge in [0.05, 0.1) is 0 Å². The van der Waals surface area contributed by atoms with Gasteiger partial charge in [0.1, 0.15) is 4.32 Å². The summed E-state index contributed by atoms with van der Waals surface area (Å²) in [4.78, 5) is 0. The first-order valence-electron chi connectivity index (χ1n) is 2.71. The summed E-state index contributed by atoms with van der Waals surface area (Å²) in [6, 6.07) is 0. The third-order valence-electron chi connectivity index (χ3n) is 0.597. The first-order chi connectivity index (χ1) is 3.81. The summed E-state index contributed by atoms with van der Waals surface area (Å²) < 4.78 is 0.912. The van der Waals surface area contributed by atoms with Gasteiger partial charge in [0.25, 0.3) is 0 Å². The molecule has 1 nitrogen and oxygen atoms in total. The molecule has 0 atom stereocenters. The molecule has 0 unspecified atom stereocenters. The molecular weight excluding hydrogens is 342 g/mol. The molecule has 1 N–H and O–H groups in total. The van der Waals surface area contributed by atoms with E-state index in [-0.39, 0.29) is 55.1 Å². The number of thiocarbonyl (C=S) groups is 1. The summed E-state index contributed by atoms with van der Waals surface area (Å²) in [5, 5.41) is 3.04. The van der Waals surface area contributed by atoms with E-state index in [2.05, 4.69) is 12.2 Å². The second kappa shape index (κ2) is 13.6. The van der Waals surface area contributed by atoms with Crippen LogP contribution in [0.5, 0.6) is 0 Å². The van der Waals surface area contributed by atoms with E-state index in [1.165, 1.54) is 0 Å². The standard InChI is InChI=1S/C5H11NS2.La.Zn/c1-3-6-5(7)8-4-2;;/h3-4H2,1-2H3,(H,6,7);;. The Morgan fingerprint density at radius 3 is 2.30 bits per heavy atom. The number of rotatable bonds is 2. The second-order valence-corrected chi connectivity index (χ2v) is 3.19. The summed E-state index contributed by atoms with van der Waals surface area (Å²) in [5.74, 6) is 1.06. The summed E-state index contributed by atoms with van der Waals surface area (Å²) >= 11 is 6.58. The average Bonchev–Trinajstić information content (AvgIpc) is 1.68. The van der Waals surface area contributed by atoms with Crippen LogP contribution in [0.1, 0.15) is 13.8 Å². The molecule has 0 aliphatic rings. The van der Waals surface area contributed by atoms with Gasteiger partial charge in [-0.15, -0.1) is 0 Å². The van der Waals surface area contributed by atoms with Crippen molar-refractivity contribution in [3.05, 3.63) is 0 Å². The fourth-order valence-corrected chi connectivity index (χ4v) is 1.33. The average molecular weight is 354 g/mol. The van der Waals surface area contributed by atoms with Crippen LogP contribution < -0.4 is 5.32 Å². The predicted molar refractivity (Wildman–Crippen MR) is 44.4 cm³/mol. The third kappa shape index (κ3) is 12.7. The Morgan fingerprint density at radius 1 is 1.50 bits per heavy atom. The van der Waals surface area contributed by atoms with Crippen LogP contribution in [0.3, 0.4) is 0 Å². The van der Waals surface area contributed by atoms with Crippen molar-refractivity contribution in [3.8, 4) is 0 Å². The molecule has 0 saturated carbocycles. The van der Waals surface area contributed by atoms with Gasteiger partial charge in [0, 0.05) is 61.6 Å². The largest absolute Gasteiger partial charge is 0.371 e. The molecule has 0 aromatic carbocycles. The summed E-state index contributed by atoms with van der Waals surface area (Å²) in [6.07, 6.45) is 0. The SMILES string of the molecule is CCNC(=S)SCC.[La].[Zn]. The normalized spacial score (nSPS) is 7.00. The minimum atomic E-state index is 0. The number of thioether (sulfide) groups is 1. The van der Waals surface area contributed by atoms with E-state index < -0.39 is 0 Å².